The van der Waals surface area contributed by atoms with Gasteiger partial charge in [0.15, 0.2) is 0 Å². The quantitative estimate of drug-likeness (QED) is 0.259. The molecule has 0 aliphatic carbocycles. The van der Waals surface area contributed by atoms with E-state index in [-0.39, 0.29) is 63.8 Å². The average molecular weight is 495 g/mol. The van der Waals surface area contributed by atoms with E-state index < -0.39 is 22.8 Å². The molecule has 0 fully saturated rings. The molecule has 2 rings (SSSR count). The number of nitro groups is 1. The number of phenols is 1. The number of aliphatic carboxylic acids is 3. The maximum Gasteiger partial charge on any atom is 0.323 e. The number of phenolic OH excluding ortho intramolecular Hbond substituents is 1. The average Bonchev–Trinajstić information content (AvgIpc) is 2.75. The van der Waals surface area contributed by atoms with Crippen LogP contribution in [0.15, 0.2) is 30.6 Å². The number of non-ortho nitro benzene ring substituents is 1. The molecule has 14 nitrogen and oxygen atoms in total. The minimum absolute atomic E-state index is 0.115. The summed E-state index contributed by atoms with van der Waals surface area (Å²) >= 11 is 0. The zero-order valence-electron chi connectivity index (χ0n) is 19.0. The van der Waals surface area contributed by atoms with E-state index in [1.807, 2.05) is 4.90 Å². The van der Waals surface area contributed by atoms with Crippen LogP contribution in [0.25, 0.3) is 0 Å². The fourth-order valence-electron chi connectivity index (χ4n) is 3.56. The predicted molar refractivity (Wildman–Crippen MR) is 122 cm³/mol. The first-order chi connectivity index (χ1) is 16.5. The Labute approximate surface area is 201 Å². The molecule has 35 heavy (non-hydrogen) atoms. The highest BCUT2D eigenvalue weighted by Gasteiger charge is 2.19. The molecule has 1 aromatic carbocycles. The van der Waals surface area contributed by atoms with E-state index in [9.17, 15) is 39.8 Å². The molecular formula is C21H29N5O9. The van der Waals surface area contributed by atoms with Gasteiger partial charge in [0.25, 0.3) is 5.69 Å². The smallest absolute Gasteiger partial charge is 0.323 e. The van der Waals surface area contributed by atoms with Crippen molar-refractivity contribution in [1.82, 2.24) is 19.6 Å². The lowest BCUT2D eigenvalue weighted by molar-refractivity contribution is -0.385. The van der Waals surface area contributed by atoms with Gasteiger partial charge in [-0.3, -0.25) is 34.3 Å². The lowest BCUT2D eigenvalue weighted by atomic mass is 10.1. The number of hydrogen-bond acceptors (Lipinski definition) is 10. The van der Waals surface area contributed by atoms with Crippen LogP contribution in [0.4, 0.5) is 5.69 Å². The van der Waals surface area contributed by atoms with Crippen molar-refractivity contribution in [1.29, 1.82) is 0 Å². The maximum absolute atomic E-state index is 11.3. The van der Waals surface area contributed by atoms with Crippen LogP contribution in [0.1, 0.15) is 5.56 Å². The largest absolute Gasteiger partial charge is 0.508 e. The highest BCUT2D eigenvalue weighted by molar-refractivity contribution is 5.70. The standard InChI is InChI=1S/C21H29N5O9/c27-18-2-1-17(26(34)35)11-16(18)12-22-3-5-23(13-19(28)29)7-9-25(15-21(32)33)10-8-24(6-4-22)14-20(30)31/h1-2,7,9,11,27H,3-6,8,10,12-15H2,(H,28,29)(H,30,31)(H,32,33)/b9-7-. The maximum atomic E-state index is 11.3. The second-order valence-electron chi connectivity index (χ2n) is 8.04. The van der Waals surface area contributed by atoms with Crippen LogP contribution >= 0.6 is 0 Å². The van der Waals surface area contributed by atoms with Crippen LogP contribution in [-0.2, 0) is 20.9 Å². The van der Waals surface area contributed by atoms with Gasteiger partial charge in [-0.2, -0.15) is 0 Å². The van der Waals surface area contributed by atoms with Crippen molar-refractivity contribution >= 4 is 23.6 Å². The van der Waals surface area contributed by atoms with Gasteiger partial charge in [-0.05, 0) is 6.07 Å². The van der Waals surface area contributed by atoms with Gasteiger partial charge in [0.05, 0.1) is 11.5 Å². The summed E-state index contributed by atoms with van der Waals surface area (Å²) in [6, 6.07) is 3.68. The molecule has 0 unspecified atom stereocenters. The normalized spacial score (nSPS) is 17.3. The molecule has 1 aromatic rings. The Morgan fingerprint density at radius 3 is 1.80 bits per heavy atom. The van der Waals surface area contributed by atoms with Gasteiger partial charge in [-0.25, -0.2) is 0 Å². The van der Waals surface area contributed by atoms with Crippen LogP contribution in [0, 0.1) is 10.1 Å². The third-order valence-electron chi connectivity index (χ3n) is 5.33. The minimum Gasteiger partial charge on any atom is -0.508 e. The molecular weight excluding hydrogens is 466 g/mol. The van der Waals surface area contributed by atoms with Gasteiger partial charge in [-0.15, -0.1) is 0 Å². The summed E-state index contributed by atoms with van der Waals surface area (Å²) in [6.45, 7) is 0.717. The van der Waals surface area contributed by atoms with Crippen molar-refractivity contribution in [2.75, 3.05) is 58.9 Å². The van der Waals surface area contributed by atoms with Gasteiger partial charge in [-0.1, -0.05) is 0 Å². The molecule has 14 heteroatoms. The topological polar surface area (TPSA) is 188 Å². The summed E-state index contributed by atoms with van der Waals surface area (Å²) in [7, 11) is 0. The molecule has 1 aliphatic rings. The van der Waals surface area contributed by atoms with E-state index in [1.165, 1.54) is 40.4 Å². The van der Waals surface area contributed by atoms with Crippen LogP contribution < -0.4 is 0 Å². The van der Waals surface area contributed by atoms with Crippen molar-refractivity contribution < 1.29 is 39.7 Å². The predicted octanol–water partition coefficient (Wildman–Crippen LogP) is -0.253. The number of carboxylic acids is 3. The van der Waals surface area contributed by atoms with E-state index in [4.69, 9.17) is 5.11 Å². The molecule has 192 valence electrons. The molecule has 0 bridgehead atoms. The Bertz CT molecular complexity index is 955. The monoisotopic (exact) mass is 495 g/mol. The zero-order valence-corrected chi connectivity index (χ0v) is 19.0. The Hall–Kier alpha value is -3.91. The summed E-state index contributed by atoms with van der Waals surface area (Å²) in [6.07, 6.45) is 2.94. The molecule has 0 spiro atoms. The molecule has 0 aromatic heterocycles. The van der Waals surface area contributed by atoms with Gasteiger partial charge in [0, 0.05) is 75.9 Å². The van der Waals surface area contributed by atoms with Crippen molar-refractivity contribution in [3.63, 3.8) is 0 Å². The first-order valence-electron chi connectivity index (χ1n) is 10.8. The third-order valence-corrected chi connectivity index (χ3v) is 5.33. The minimum atomic E-state index is -1.08. The number of aromatic hydroxyl groups is 1. The van der Waals surface area contributed by atoms with Crippen molar-refractivity contribution in [2.45, 2.75) is 6.54 Å². The molecule has 0 saturated heterocycles. The highest BCUT2D eigenvalue weighted by atomic mass is 16.6. The first kappa shape index (κ1) is 27.3. The van der Waals surface area contributed by atoms with E-state index in [1.54, 1.807) is 4.90 Å². The lowest BCUT2D eigenvalue weighted by Gasteiger charge is -2.31. The number of hydrogen-bond donors (Lipinski definition) is 4. The number of benzene rings is 1. The second kappa shape index (κ2) is 13.1. The van der Waals surface area contributed by atoms with E-state index in [0.717, 1.165) is 0 Å². The van der Waals surface area contributed by atoms with Crippen LogP contribution in [0.2, 0.25) is 0 Å². The van der Waals surface area contributed by atoms with Crippen molar-refractivity contribution in [3.8, 4) is 5.75 Å². The Balaban J connectivity index is 2.30. The molecule has 0 radical (unpaired) electrons. The van der Waals surface area contributed by atoms with Crippen LogP contribution in [0.3, 0.4) is 0 Å². The number of carbonyl (C=O) groups is 3. The lowest BCUT2D eigenvalue weighted by Crippen LogP contribution is -2.44. The second-order valence-corrected chi connectivity index (χ2v) is 8.04. The number of nitro benzene ring substituents is 1. The number of rotatable bonds is 9. The van der Waals surface area contributed by atoms with E-state index >= 15 is 0 Å². The van der Waals surface area contributed by atoms with Gasteiger partial charge < -0.3 is 30.2 Å². The number of nitrogens with zero attached hydrogens (tertiary/aromatic N) is 5. The fourth-order valence-corrected chi connectivity index (χ4v) is 3.56. The summed E-state index contributed by atoms with van der Waals surface area (Å²) < 4.78 is 0. The van der Waals surface area contributed by atoms with Crippen LogP contribution in [-0.4, -0.2) is 122 Å². The first-order valence-corrected chi connectivity index (χ1v) is 10.8. The number of carboxylic acid groups (broad SMARTS) is 3. The zero-order chi connectivity index (χ0) is 26.0. The third kappa shape index (κ3) is 9.85. The molecule has 0 saturated carbocycles. The molecule has 0 amide bonds. The Morgan fingerprint density at radius 1 is 0.800 bits per heavy atom. The molecule has 1 heterocycles. The van der Waals surface area contributed by atoms with E-state index in [2.05, 4.69) is 0 Å². The molecule has 0 atom stereocenters. The van der Waals surface area contributed by atoms with Crippen molar-refractivity contribution in [3.05, 3.63) is 46.3 Å². The van der Waals surface area contributed by atoms with Crippen molar-refractivity contribution in [2.24, 2.45) is 0 Å². The Kier molecular flexibility index (Phi) is 10.2. The highest BCUT2D eigenvalue weighted by Crippen LogP contribution is 2.24. The SMILES string of the molecule is O=C(O)CN1/C=C\N(CC(=O)O)CCN(Cc2cc([N+](=O)[O-])ccc2O)CCN(CC(=O)O)CC1. The van der Waals surface area contributed by atoms with E-state index in [0.29, 0.717) is 18.7 Å². The van der Waals surface area contributed by atoms with Crippen LogP contribution in [0.5, 0.6) is 5.75 Å². The fraction of sp³-hybridized carbons (Fsp3) is 0.476. The summed E-state index contributed by atoms with van der Waals surface area (Å²) in [5.41, 5.74) is 0.123. The summed E-state index contributed by atoms with van der Waals surface area (Å²) in [5, 5.41) is 49.0. The molecule has 4 N–H and O–H groups in total. The van der Waals surface area contributed by atoms with Gasteiger partial charge in [0.2, 0.25) is 0 Å². The van der Waals surface area contributed by atoms with Gasteiger partial charge in [0.1, 0.15) is 18.8 Å². The summed E-state index contributed by atoms with van der Waals surface area (Å²) in [4.78, 5) is 50.9. The Morgan fingerprint density at radius 2 is 1.29 bits per heavy atom. The summed E-state index contributed by atoms with van der Waals surface area (Å²) in [5.74, 6) is -3.34. The molecule has 1 aliphatic heterocycles. The van der Waals surface area contributed by atoms with Gasteiger partial charge >= 0.3 is 17.9 Å².